The van der Waals surface area contributed by atoms with Gasteiger partial charge in [-0.25, -0.2) is 0 Å². The summed E-state index contributed by atoms with van der Waals surface area (Å²) in [4.78, 5) is 39.9. The average molecular weight is 1030 g/mol. The van der Waals surface area contributed by atoms with Crippen LogP contribution < -0.4 is 10.2 Å². The van der Waals surface area contributed by atoms with Gasteiger partial charge in [-0.2, -0.15) is 0 Å². The third kappa shape index (κ3) is 52.6. The first-order chi connectivity index (χ1) is 34.9. The molecule has 9 nitrogen and oxygen atoms in total. The first kappa shape index (κ1) is 69.7. The number of hydrogen-bond donors (Lipinski definition) is 1. The van der Waals surface area contributed by atoms with Gasteiger partial charge in [-0.1, -0.05) is 223 Å². The maximum Gasteiger partial charge on any atom is 0.306 e. The van der Waals surface area contributed by atoms with Crippen molar-refractivity contribution in [1.82, 2.24) is 5.32 Å². The number of hydrogen-bond acceptors (Lipinski definition) is 7. The van der Waals surface area contributed by atoms with Gasteiger partial charge in [-0.3, -0.25) is 14.2 Å². The van der Waals surface area contributed by atoms with Crippen LogP contribution >= 0.6 is 7.82 Å². The smallest absolute Gasteiger partial charge is 0.306 e. The number of nitrogens with one attached hydrogen (secondary N) is 1. The first-order valence-corrected chi connectivity index (χ1v) is 31.6. The van der Waals surface area contributed by atoms with Gasteiger partial charge < -0.3 is 28.5 Å². The Morgan fingerprint density at radius 2 is 0.847 bits per heavy atom. The molecule has 0 saturated heterocycles. The lowest BCUT2D eigenvalue weighted by molar-refractivity contribution is -0.870. The van der Waals surface area contributed by atoms with E-state index in [-0.39, 0.29) is 24.9 Å². The average Bonchev–Trinajstić information content (AvgIpc) is 3.34. The Morgan fingerprint density at radius 1 is 0.486 bits per heavy atom. The second-order valence-corrected chi connectivity index (χ2v) is 22.9. The highest BCUT2D eigenvalue weighted by Gasteiger charge is 2.27. The van der Waals surface area contributed by atoms with E-state index in [4.69, 9.17) is 13.8 Å². The van der Waals surface area contributed by atoms with Crippen LogP contribution in [0, 0.1) is 0 Å². The molecule has 0 fully saturated rings. The number of esters is 1. The normalized spacial score (nSPS) is 14.2. The van der Waals surface area contributed by atoms with Gasteiger partial charge in [0.1, 0.15) is 19.3 Å². The fourth-order valence-corrected chi connectivity index (χ4v) is 9.19. The van der Waals surface area contributed by atoms with Gasteiger partial charge in [-0.05, 0) is 96.0 Å². The van der Waals surface area contributed by atoms with E-state index in [1.807, 2.05) is 33.3 Å². The number of likely N-dealkylation sites (N-methyl/N-ethyl adjacent to an activating group) is 1. The molecule has 0 spiro atoms. The maximum atomic E-state index is 13.5. The van der Waals surface area contributed by atoms with Crippen molar-refractivity contribution in [2.24, 2.45) is 0 Å². The van der Waals surface area contributed by atoms with Crippen LogP contribution in [-0.2, 0) is 27.9 Å². The van der Waals surface area contributed by atoms with E-state index in [9.17, 15) is 19.0 Å². The molecular weight excluding hydrogens is 916 g/mol. The van der Waals surface area contributed by atoms with Crippen LogP contribution in [0.2, 0.25) is 0 Å². The van der Waals surface area contributed by atoms with E-state index in [0.717, 1.165) is 96.3 Å². The molecule has 0 radical (unpaired) electrons. The highest BCUT2D eigenvalue weighted by atomic mass is 31.2. The number of phosphoric ester groups is 1. The third-order valence-corrected chi connectivity index (χ3v) is 14.1. The summed E-state index contributed by atoms with van der Waals surface area (Å²) in [7, 11) is 1.17. The molecule has 0 saturated carbocycles. The molecule has 1 N–H and O–H groups in total. The molecule has 0 rings (SSSR count). The van der Waals surface area contributed by atoms with Crippen molar-refractivity contribution < 1.29 is 37.3 Å². The predicted octanol–water partition coefficient (Wildman–Crippen LogP) is 17.6. The summed E-state index contributed by atoms with van der Waals surface area (Å²) < 4.78 is 30.2. The minimum atomic E-state index is -4.70. The lowest BCUT2D eigenvalue weighted by atomic mass is 10.1. The highest BCUT2D eigenvalue weighted by molar-refractivity contribution is 7.45. The second-order valence-electron chi connectivity index (χ2n) is 21.5. The fraction of sp³-hybridized carbons (Fsp3) is 0.806. The van der Waals surface area contributed by atoms with Gasteiger partial charge in [-0.15, -0.1) is 0 Å². The van der Waals surface area contributed by atoms with Gasteiger partial charge in [0.15, 0.2) is 0 Å². The number of carbonyl (C=O) groups excluding carboxylic acids is 2. The number of ether oxygens (including phenoxy) is 1. The Bertz CT molecular complexity index is 1420. The molecule has 0 aromatic heterocycles. The number of rotatable bonds is 54. The van der Waals surface area contributed by atoms with Crippen molar-refractivity contribution in [3.63, 3.8) is 0 Å². The van der Waals surface area contributed by atoms with Gasteiger partial charge in [0, 0.05) is 12.8 Å². The molecule has 0 aromatic carbocycles. The number of amides is 1. The molecule has 10 heteroatoms. The van der Waals surface area contributed by atoms with Crippen LogP contribution in [0.3, 0.4) is 0 Å². The maximum absolute atomic E-state index is 13.5. The quantitative estimate of drug-likeness (QED) is 0.0212. The molecule has 3 atom stereocenters. The number of nitrogens with zero attached hydrogens (tertiary/aromatic N) is 1. The Labute approximate surface area is 445 Å². The van der Waals surface area contributed by atoms with Crippen LogP contribution in [0.25, 0.3) is 0 Å². The Kier molecular flexibility index (Phi) is 50.5. The van der Waals surface area contributed by atoms with E-state index < -0.39 is 26.6 Å². The van der Waals surface area contributed by atoms with E-state index >= 15 is 0 Å². The summed E-state index contributed by atoms with van der Waals surface area (Å²) in [6, 6.07) is -0.898. The van der Waals surface area contributed by atoms with Crippen LogP contribution in [-0.4, -0.2) is 69.4 Å². The lowest BCUT2D eigenvalue weighted by Gasteiger charge is -2.30. The molecule has 0 aromatic rings. The van der Waals surface area contributed by atoms with E-state index in [2.05, 4.69) is 74.7 Å². The molecule has 3 unspecified atom stereocenters. The molecule has 420 valence electrons. The monoisotopic (exact) mass is 1030 g/mol. The van der Waals surface area contributed by atoms with Gasteiger partial charge in [0.2, 0.25) is 5.91 Å². The van der Waals surface area contributed by atoms with Gasteiger partial charge in [0.25, 0.3) is 7.82 Å². The summed E-state index contributed by atoms with van der Waals surface area (Å²) in [6.07, 6.45) is 64.6. The predicted molar refractivity (Wildman–Crippen MR) is 307 cm³/mol. The number of carbonyl (C=O) groups is 2. The Hall–Kier alpha value is -2.29. The van der Waals surface area contributed by atoms with E-state index in [1.54, 1.807) is 0 Å². The van der Waals surface area contributed by atoms with Crippen LogP contribution in [0.4, 0.5) is 0 Å². The van der Waals surface area contributed by atoms with Crippen molar-refractivity contribution in [3.8, 4) is 0 Å². The van der Waals surface area contributed by atoms with Crippen LogP contribution in [0.15, 0.2) is 60.8 Å². The van der Waals surface area contributed by atoms with Crippen LogP contribution in [0.1, 0.15) is 271 Å². The highest BCUT2D eigenvalue weighted by Crippen LogP contribution is 2.38. The largest absolute Gasteiger partial charge is 0.756 e. The first-order valence-electron chi connectivity index (χ1n) is 30.1. The minimum Gasteiger partial charge on any atom is -0.756 e. The van der Waals surface area contributed by atoms with Crippen molar-refractivity contribution >= 4 is 19.7 Å². The minimum absolute atomic E-state index is 0.0273. The fourth-order valence-electron chi connectivity index (χ4n) is 8.46. The van der Waals surface area contributed by atoms with Crippen molar-refractivity contribution in [3.05, 3.63) is 60.8 Å². The second kappa shape index (κ2) is 52.2. The summed E-state index contributed by atoms with van der Waals surface area (Å²) in [5, 5.41) is 3.02. The molecule has 0 bridgehead atoms. The molecular formula is C62H115N2O7P. The summed E-state index contributed by atoms with van der Waals surface area (Å²) in [5.74, 6) is -0.563. The summed E-state index contributed by atoms with van der Waals surface area (Å²) >= 11 is 0. The van der Waals surface area contributed by atoms with Crippen LogP contribution in [0.5, 0.6) is 0 Å². The Balaban J connectivity index is 5.30. The SMILES string of the molecule is CCCCC/C=C\C/C=C\C/C=C\CCCCCCCCC(=O)OC(/C=C/CCCCCCCCCCC)C(COP(=O)([O-])OCC[N+](C)(C)C)NC(=O)CCCCCCC/C=C/CCCCCCCCC. The summed E-state index contributed by atoms with van der Waals surface area (Å²) in [6.45, 7) is 6.80. The molecule has 0 heterocycles. The third-order valence-electron chi connectivity index (χ3n) is 13.2. The van der Waals surface area contributed by atoms with Crippen molar-refractivity contribution in [2.45, 2.75) is 283 Å². The molecule has 72 heavy (non-hydrogen) atoms. The zero-order valence-electron chi connectivity index (χ0n) is 47.9. The number of unbranched alkanes of at least 4 members (excludes halogenated alkanes) is 30. The molecule has 1 amide bonds. The van der Waals surface area contributed by atoms with Gasteiger partial charge >= 0.3 is 5.97 Å². The number of quaternary nitrogens is 1. The molecule has 0 aliphatic carbocycles. The molecule has 0 aliphatic heterocycles. The van der Waals surface area contributed by atoms with E-state index in [1.165, 1.54) is 135 Å². The Morgan fingerprint density at radius 3 is 1.31 bits per heavy atom. The number of phosphoric acid groups is 1. The zero-order chi connectivity index (χ0) is 52.9. The number of allylic oxidation sites excluding steroid dienone is 9. The zero-order valence-corrected chi connectivity index (χ0v) is 48.8. The van der Waals surface area contributed by atoms with Gasteiger partial charge in [0.05, 0.1) is 33.8 Å². The topological polar surface area (TPSA) is 114 Å². The summed E-state index contributed by atoms with van der Waals surface area (Å²) in [5.41, 5.74) is 0. The van der Waals surface area contributed by atoms with Crippen molar-refractivity contribution in [2.75, 3.05) is 40.9 Å². The van der Waals surface area contributed by atoms with Crippen molar-refractivity contribution in [1.29, 1.82) is 0 Å². The van der Waals surface area contributed by atoms with E-state index in [0.29, 0.717) is 23.9 Å². The standard InChI is InChI=1S/C62H115N2O7P/c1-7-10-13-16-19-22-25-27-29-31-32-33-35-37-40-43-46-49-52-55-62(66)71-60(53-50-47-44-41-38-24-21-18-15-12-9-3)59(58-70-72(67,68)69-57-56-64(4,5)6)63-61(65)54-51-48-45-42-39-36-34-30-28-26-23-20-17-14-11-8-2/h19,22,27,29-30,32-34,50,53,59-60H,7-18,20-21,23-26,28,31,35-49,51-52,54-58H2,1-6H3,(H-,63,65,67,68)/b22-19-,29-27-,33-32-,34-30+,53-50+. The molecule has 0 aliphatic rings. The lowest BCUT2D eigenvalue weighted by Crippen LogP contribution is -2.47.